The van der Waals surface area contributed by atoms with Gasteiger partial charge in [-0.05, 0) is 42.3 Å². The minimum absolute atomic E-state index is 0.195. The van der Waals surface area contributed by atoms with Crippen LogP contribution in [0.3, 0.4) is 0 Å². The molecule has 0 fully saturated rings. The third-order valence-corrected chi connectivity index (χ3v) is 5.71. The third kappa shape index (κ3) is 1.81. The van der Waals surface area contributed by atoms with Gasteiger partial charge >= 0.3 is 0 Å². The van der Waals surface area contributed by atoms with Crippen molar-refractivity contribution in [1.82, 2.24) is 0 Å². The molecular formula is C22H18ClNO. The first-order valence-corrected chi connectivity index (χ1v) is 8.88. The first kappa shape index (κ1) is 14.9. The van der Waals surface area contributed by atoms with Crippen LogP contribution >= 0.6 is 11.6 Å². The van der Waals surface area contributed by atoms with Crippen LogP contribution in [0, 0.1) is 6.92 Å². The number of halogens is 1. The van der Waals surface area contributed by atoms with Gasteiger partial charge in [-0.2, -0.15) is 0 Å². The Bertz CT molecular complexity index is 1040. The van der Waals surface area contributed by atoms with Crippen molar-refractivity contribution in [3.8, 4) is 11.5 Å². The number of para-hydroxylation sites is 2. The van der Waals surface area contributed by atoms with Gasteiger partial charge in [0, 0.05) is 16.0 Å². The number of rotatable bonds is 0. The van der Waals surface area contributed by atoms with Crippen LogP contribution in [0.5, 0.6) is 11.5 Å². The molecule has 0 N–H and O–H groups in total. The maximum Gasteiger partial charge on any atom is 0.151 e. The van der Waals surface area contributed by atoms with Crippen LogP contribution in [0.15, 0.2) is 54.6 Å². The maximum atomic E-state index is 6.68. The lowest BCUT2D eigenvalue weighted by Crippen LogP contribution is -2.32. The van der Waals surface area contributed by atoms with Gasteiger partial charge in [0.25, 0.3) is 0 Å². The van der Waals surface area contributed by atoms with E-state index in [9.17, 15) is 0 Å². The quantitative estimate of drug-likeness (QED) is 0.344. The van der Waals surface area contributed by atoms with E-state index in [1.807, 2.05) is 30.3 Å². The molecule has 0 saturated heterocycles. The van der Waals surface area contributed by atoms with E-state index in [0.717, 1.165) is 39.1 Å². The van der Waals surface area contributed by atoms with Crippen LogP contribution < -0.4 is 9.64 Å². The molecule has 2 heterocycles. The Labute approximate surface area is 152 Å². The van der Waals surface area contributed by atoms with Crippen LogP contribution in [0.4, 0.5) is 17.1 Å². The molecular weight excluding hydrogens is 330 g/mol. The minimum atomic E-state index is -0.195. The van der Waals surface area contributed by atoms with Crippen LogP contribution in [-0.2, 0) is 5.41 Å². The van der Waals surface area contributed by atoms with E-state index < -0.39 is 0 Å². The molecule has 0 spiro atoms. The standard InChI is InChI=1S/C22H18ClNO/c1-13-7-4-11-17-20(13)24-16-10-6-9-15(23)19(16)22(2,3)14-8-5-12-18(25-17)21(14)24/h4-12H,1-3H3. The molecule has 124 valence electrons. The fraction of sp³-hybridized carbons (Fsp3) is 0.182. The summed E-state index contributed by atoms with van der Waals surface area (Å²) in [6.07, 6.45) is 0. The second kappa shape index (κ2) is 4.80. The summed E-state index contributed by atoms with van der Waals surface area (Å²) >= 11 is 6.68. The summed E-state index contributed by atoms with van der Waals surface area (Å²) < 4.78 is 6.27. The molecule has 0 bridgehead atoms. The van der Waals surface area contributed by atoms with Crippen LogP contribution in [-0.4, -0.2) is 0 Å². The number of hydrogen-bond acceptors (Lipinski definition) is 2. The Morgan fingerprint density at radius 1 is 0.880 bits per heavy atom. The first-order chi connectivity index (χ1) is 12.0. The van der Waals surface area contributed by atoms with Gasteiger partial charge in [-0.1, -0.05) is 55.8 Å². The zero-order valence-corrected chi connectivity index (χ0v) is 15.2. The van der Waals surface area contributed by atoms with Gasteiger partial charge in [0.15, 0.2) is 11.5 Å². The van der Waals surface area contributed by atoms with E-state index in [4.69, 9.17) is 16.3 Å². The van der Waals surface area contributed by atoms with Gasteiger partial charge in [-0.15, -0.1) is 0 Å². The molecule has 2 aliphatic rings. The smallest absolute Gasteiger partial charge is 0.151 e. The number of hydrogen-bond donors (Lipinski definition) is 0. The Hall–Kier alpha value is -2.45. The molecule has 0 aromatic heterocycles. The van der Waals surface area contributed by atoms with Crippen LogP contribution in [0.2, 0.25) is 5.02 Å². The van der Waals surface area contributed by atoms with E-state index in [2.05, 4.69) is 49.9 Å². The molecule has 0 unspecified atom stereocenters. The van der Waals surface area contributed by atoms with Gasteiger partial charge in [0.05, 0.1) is 17.1 Å². The van der Waals surface area contributed by atoms with Crippen molar-refractivity contribution in [3.05, 3.63) is 76.3 Å². The number of ether oxygens (including phenoxy) is 1. The Morgan fingerprint density at radius 2 is 1.56 bits per heavy atom. The Kier molecular flexibility index (Phi) is 2.85. The molecule has 3 aromatic rings. The Morgan fingerprint density at radius 3 is 2.36 bits per heavy atom. The van der Waals surface area contributed by atoms with E-state index >= 15 is 0 Å². The zero-order valence-electron chi connectivity index (χ0n) is 14.4. The molecule has 3 heteroatoms. The zero-order chi connectivity index (χ0) is 17.3. The van der Waals surface area contributed by atoms with Crippen LogP contribution in [0.1, 0.15) is 30.5 Å². The van der Waals surface area contributed by atoms with Crippen molar-refractivity contribution in [2.24, 2.45) is 0 Å². The summed E-state index contributed by atoms with van der Waals surface area (Å²) in [7, 11) is 0. The maximum absolute atomic E-state index is 6.68. The fourth-order valence-electron chi connectivity index (χ4n) is 4.26. The monoisotopic (exact) mass is 347 g/mol. The molecule has 5 rings (SSSR count). The summed E-state index contributed by atoms with van der Waals surface area (Å²) in [6, 6.07) is 18.7. The molecule has 2 aliphatic heterocycles. The van der Waals surface area contributed by atoms with E-state index in [1.165, 1.54) is 11.1 Å². The molecule has 0 aliphatic carbocycles. The van der Waals surface area contributed by atoms with E-state index in [-0.39, 0.29) is 5.41 Å². The SMILES string of the molecule is Cc1cccc2c1N1c3cccc(Cl)c3C(C)(C)c3cccc(c31)O2. The van der Waals surface area contributed by atoms with Gasteiger partial charge < -0.3 is 9.64 Å². The minimum Gasteiger partial charge on any atom is -0.453 e. The summed E-state index contributed by atoms with van der Waals surface area (Å²) in [5.74, 6) is 1.78. The summed E-state index contributed by atoms with van der Waals surface area (Å²) in [4.78, 5) is 2.32. The van der Waals surface area contributed by atoms with Gasteiger partial charge in [-0.25, -0.2) is 0 Å². The number of nitrogens with zero attached hydrogens (tertiary/aromatic N) is 1. The molecule has 0 atom stereocenters. The normalized spacial score (nSPS) is 15.8. The number of fused-ring (bicyclic) bond motifs is 4. The molecule has 3 aromatic carbocycles. The number of benzene rings is 3. The summed E-state index contributed by atoms with van der Waals surface area (Å²) in [6.45, 7) is 6.59. The topological polar surface area (TPSA) is 12.5 Å². The highest BCUT2D eigenvalue weighted by atomic mass is 35.5. The highest BCUT2D eigenvalue weighted by molar-refractivity contribution is 6.32. The highest BCUT2D eigenvalue weighted by Gasteiger charge is 2.42. The average Bonchev–Trinajstić information content (AvgIpc) is 2.58. The third-order valence-electron chi connectivity index (χ3n) is 5.40. The predicted octanol–water partition coefficient (Wildman–Crippen LogP) is 6.86. The lowest BCUT2D eigenvalue weighted by atomic mass is 9.73. The van der Waals surface area contributed by atoms with Crippen molar-refractivity contribution >= 4 is 28.7 Å². The van der Waals surface area contributed by atoms with Gasteiger partial charge in [0.1, 0.15) is 0 Å². The van der Waals surface area contributed by atoms with Crippen molar-refractivity contribution in [1.29, 1.82) is 0 Å². The molecule has 25 heavy (non-hydrogen) atoms. The largest absolute Gasteiger partial charge is 0.453 e. The highest BCUT2D eigenvalue weighted by Crippen LogP contribution is 2.61. The fourth-order valence-corrected chi connectivity index (χ4v) is 4.67. The number of anilines is 3. The molecule has 0 amide bonds. The molecule has 0 saturated carbocycles. The van der Waals surface area contributed by atoms with Crippen LogP contribution in [0.25, 0.3) is 0 Å². The first-order valence-electron chi connectivity index (χ1n) is 8.50. The Balaban J connectivity index is 1.95. The van der Waals surface area contributed by atoms with Crippen molar-refractivity contribution < 1.29 is 4.74 Å². The van der Waals surface area contributed by atoms with E-state index in [1.54, 1.807) is 0 Å². The van der Waals surface area contributed by atoms with E-state index in [0.29, 0.717) is 0 Å². The lowest BCUT2D eigenvalue weighted by molar-refractivity contribution is 0.471. The van der Waals surface area contributed by atoms with Gasteiger partial charge in [-0.3, -0.25) is 0 Å². The van der Waals surface area contributed by atoms with Crippen molar-refractivity contribution in [3.63, 3.8) is 0 Å². The summed E-state index contributed by atoms with van der Waals surface area (Å²) in [5.41, 5.74) is 6.75. The van der Waals surface area contributed by atoms with Crippen molar-refractivity contribution in [2.45, 2.75) is 26.2 Å². The predicted molar refractivity (Wildman–Crippen MR) is 103 cm³/mol. The lowest BCUT2D eigenvalue weighted by Gasteiger charge is -2.45. The second-order valence-electron chi connectivity index (χ2n) is 7.27. The average molecular weight is 348 g/mol. The second-order valence-corrected chi connectivity index (χ2v) is 7.68. The van der Waals surface area contributed by atoms with Gasteiger partial charge in [0.2, 0.25) is 0 Å². The summed E-state index contributed by atoms with van der Waals surface area (Å²) in [5, 5.41) is 0.806. The number of aryl methyl sites for hydroxylation is 1. The molecule has 2 nitrogen and oxygen atoms in total. The molecule has 0 radical (unpaired) electrons. The van der Waals surface area contributed by atoms with Crippen molar-refractivity contribution in [2.75, 3.05) is 4.90 Å².